The maximum absolute atomic E-state index is 12.1. The minimum absolute atomic E-state index is 0.0978. The van der Waals surface area contributed by atoms with E-state index in [1.54, 1.807) is 12.1 Å². The minimum atomic E-state index is -0.372. The molecule has 0 saturated heterocycles. The molecule has 0 aliphatic heterocycles. The van der Waals surface area contributed by atoms with Gasteiger partial charge in [0, 0.05) is 12.1 Å². The van der Waals surface area contributed by atoms with Crippen molar-refractivity contribution in [1.82, 2.24) is 5.32 Å². The van der Waals surface area contributed by atoms with Crippen LogP contribution in [0.25, 0.3) is 0 Å². The molecule has 1 heterocycles. The van der Waals surface area contributed by atoms with Crippen LogP contribution in [0, 0.1) is 5.21 Å². The average Bonchev–Trinajstić information content (AvgIpc) is 2.46. The van der Waals surface area contributed by atoms with E-state index in [-0.39, 0.29) is 23.1 Å². The zero-order valence-corrected chi connectivity index (χ0v) is 13.5. The van der Waals surface area contributed by atoms with Gasteiger partial charge in [-0.1, -0.05) is 45.0 Å². The molecule has 0 fully saturated rings. The van der Waals surface area contributed by atoms with Gasteiger partial charge in [0.2, 0.25) is 0 Å². The van der Waals surface area contributed by atoms with Crippen molar-refractivity contribution in [2.45, 2.75) is 39.2 Å². The highest BCUT2D eigenvalue weighted by atomic mass is 16.5. The van der Waals surface area contributed by atoms with E-state index in [4.69, 9.17) is 0 Å². The zero-order valence-electron chi connectivity index (χ0n) is 13.5. The van der Waals surface area contributed by atoms with E-state index in [2.05, 4.69) is 38.2 Å². The maximum atomic E-state index is 12.1. The van der Waals surface area contributed by atoms with E-state index in [0.29, 0.717) is 4.73 Å². The molecule has 116 valence electrons. The van der Waals surface area contributed by atoms with Gasteiger partial charge >= 0.3 is 5.91 Å². The fraction of sp³-hybridized carbons (Fsp3) is 0.333. The van der Waals surface area contributed by atoms with Crippen molar-refractivity contribution in [2.75, 3.05) is 0 Å². The lowest BCUT2D eigenvalue weighted by molar-refractivity contribution is -0.607. The summed E-state index contributed by atoms with van der Waals surface area (Å²) in [4.78, 5) is 12.1. The molecule has 2 aromatic rings. The SMILES string of the molecule is CC(NC(=O)c1cccc[n+]1[O-])c1ccc(C(C)(C)C)cc1. The predicted molar refractivity (Wildman–Crippen MR) is 86.4 cm³/mol. The molecule has 22 heavy (non-hydrogen) atoms. The molecule has 0 radical (unpaired) electrons. The lowest BCUT2D eigenvalue weighted by atomic mass is 9.86. The Morgan fingerprint density at radius 1 is 1.14 bits per heavy atom. The summed E-state index contributed by atoms with van der Waals surface area (Å²) in [6.07, 6.45) is 1.32. The van der Waals surface area contributed by atoms with Crippen molar-refractivity contribution < 1.29 is 9.52 Å². The molecule has 4 nitrogen and oxygen atoms in total. The highest BCUT2D eigenvalue weighted by molar-refractivity contribution is 5.91. The predicted octanol–water partition coefficient (Wildman–Crippen LogP) is 3.11. The van der Waals surface area contributed by atoms with Crippen molar-refractivity contribution in [1.29, 1.82) is 0 Å². The second kappa shape index (κ2) is 6.18. The van der Waals surface area contributed by atoms with Crippen LogP contribution in [-0.4, -0.2) is 5.91 Å². The number of nitrogens with one attached hydrogen (secondary N) is 1. The Bertz CT molecular complexity index is 658. The van der Waals surface area contributed by atoms with Crippen molar-refractivity contribution in [3.8, 4) is 0 Å². The third-order valence-corrected chi connectivity index (χ3v) is 3.68. The third-order valence-electron chi connectivity index (χ3n) is 3.68. The molecule has 0 bridgehead atoms. The highest BCUT2D eigenvalue weighted by Crippen LogP contribution is 2.23. The van der Waals surface area contributed by atoms with E-state index < -0.39 is 0 Å². The van der Waals surface area contributed by atoms with Gasteiger partial charge in [-0.25, -0.2) is 0 Å². The molecule has 1 aromatic carbocycles. The molecule has 0 aliphatic rings. The van der Waals surface area contributed by atoms with Crippen molar-refractivity contribution in [3.05, 3.63) is 70.7 Å². The molecule has 1 N–H and O–H groups in total. The molecule has 1 aromatic heterocycles. The lowest BCUT2D eigenvalue weighted by Gasteiger charge is -2.20. The smallest absolute Gasteiger partial charge is 0.317 e. The van der Waals surface area contributed by atoms with Gasteiger partial charge in [-0.05, 0) is 29.5 Å². The van der Waals surface area contributed by atoms with Gasteiger partial charge in [0.25, 0.3) is 5.69 Å². The molecule has 1 unspecified atom stereocenters. The van der Waals surface area contributed by atoms with Crippen LogP contribution in [0.3, 0.4) is 0 Å². The van der Waals surface area contributed by atoms with Crippen LogP contribution in [0.1, 0.15) is 55.4 Å². The molecular weight excluding hydrogens is 276 g/mol. The first kappa shape index (κ1) is 16.0. The van der Waals surface area contributed by atoms with Crippen LogP contribution in [0.2, 0.25) is 0 Å². The Labute approximate surface area is 131 Å². The van der Waals surface area contributed by atoms with E-state index in [0.717, 1.165) is 5.56 Å². The molecule has 2 rings (SSSR count). The quantitative estimate of drug-likeness (QED) is 0.699. The number of nitrogens with zero attached hydrogens (tertiary/aromatic N) is 1. The van der Waals surface area contributed by atoms with Crippen molar-refractivity contribution in [2.24, 2.45) is 0 Å². The number of aromatic nitrogens is 1. The number of benzene rings is 1. The van der Waals surface area contributed by atoms with Gasteiger partial charge in [-0.2, -0.15) is 4.73 Å². The Morgan fingerprint density at radius 3 is 2.32 bits per heavy atom. The summed E-state index contributed by atoms with van der Waals surface area (Å²) < 4.78 is 0.574. The Hall–Kier alpha value is -2.36. The van der Waals surface area contributed by atoms with Crippen LogP contribution < -0.4 is 10.0 Å². The average molecular weight is 298 g/mol. The normalized spacial score (nSPS) is 12.7. The number of carbonyl (C=O) groups excluding carboxylic acids is 1. The topological polar surface area (TPSA) is 56.0 Å². The summed E-state index contributed by atoms with van der Waals surface area (Å²) in [7, 11) is 0. The fourth-order valence-corrected chi connectivity index (χ4v) is 2.23. The summed E-state index contributed by atoms with van der Waals surface area (Å²) in [5.74, 6) is -0.372. The molecule has 1 atom stereocenters. The van der Waals surface area contributed by atoms with Crippen LogP contribution in [0.4, 0.5) is 0 Å². The Balaban J connectivity index is 2.11. The van der Waals surface area contributed by atoms with E-state index in [1.165, 1.54) is 17.8 Å². The summed E-state index contributed by atoms with van der Waals surface area (Å²) in [6.45, 7) is 8.39. The second-order valence-electron chi connectivity index (χ2n) is 6.48. The summed E-state index contributed by atoms with van der Waals surface area (Å²) in [6, 6.07) is 12.8. The van der Waals surface area contributed by atoms with Gasteiger partial charge < -0.3 is 10.5 Å². The van der Waals surface area contributed by atoms with E-state index in [1.807, 2.05) is 19.1 Å². The minimum Gasteiger partial charge on any atom is -0.618 e. The first-order valence-electron chi connectivity index (χ1n) is 7.38. The van der Waals surface area contributed by atoms with Crippen molar-refractivity contribution in [3.63, 3.8) is 0 Å². The van der Waals surface area contributed by atoms with E-state index in [9.17, 15) is 10.0 Å². The number of hydrogen-bond donors (Lipinski definition) is 1. The van der Waals surface area contributed by atoms with Gasteiger partial charge in [0.1, 0.15) is 0 Å². The van der Waals surface area contributed by atoms with Gasteiger partial charge in [0.05, 0.1) is 6.04 Å². The first-order chi connectivity index (χ1) is 10.3. The number of amides is 1. The lowest BCUT2D eigenvalue weighted by Crippen LogP contribution is -2.39. The van der Waals surface area contributed by atoms with Gasteiger partial charge in [0.15, 0.2) is 6.20 Å². The van der Waals surface area contributed by atoms with Gasteiger partial charge in [-0.3, -0.25) is 4.79 Å². The van der Waals surface area contributed by atoms with Crippen molar-refractivity contribution >= 4 is 5.91 Å². The van der Waals surface area contributed by atoms with Crippen LogP contribution in [-0.2, 0) is 5.41 Å². The first-order valence-corrected chi connectivity index (χ1v) is 7.38. The summed E-state index contributed by atoms with van der Waals surface area (Å²) in [5.41, 5.74) is 2.45. The molecule has 0 aliphatic carbocycles. The zero-order chi connectivity index (χ0) is 16.3. The number of rotatable bonds is 3. The third kappa shape index (κ3) is 3.64. The molecular formula is C18H22N2O2. The number of carbonyl (C=O) groups is 1. The monoisotopic (exact) mass is 298 g/mol. The molecule has 4 heteroatoms. The molecule has 0 saturated carbocycles. The Kier molecular flexibility index (Phi) is 4.50. The number of pyridine rings is 1. The maximum Gasteiger partial charge on any atom is 0.317 e. The van der Waals surface area contributed by atoms with Crippen LogP contribution in [0.5, 0.6) is 0 Å². The highest BCUT2D eigenvalue weighted by Gasteiger charge is 2.19. The standard InChI is InChI=1S/C18H22N2O2/c1-13(14-8-10-15(11-9-14)18(2,3)4)19-17(21)16-7-5-6-12-20(16)22/h5-13H,1-4H3,(H,19,21). The van der Waals surface area contributed by atoms with Gasteiger partial charge in [-0.15, -0.1) is 0 Å². The Morgan fingerprint density at radius 2 is 1.77 bits per heavy atom. The molecule has 0 spiro atoms. The van der Waals surface area contributed by atoms with E-state index >= 15 is 0 Å². The number of hydrogen-bond acceptors (Lipinski definition) is 2. The summed E-state index contributed by atoms with van der Waals surface area (Å²) in [5, 5.41) is 14.4. The molecule has 1 amide bonds. The second-order valence-corrected chi connectivity index (χ2v) is 6.48. The summed E-state index contributed by atoms with van der Waals surface area (Å²) >= 11 is 0. The van der Waals surface area contributed by atoms with Crippen LogP contribution >= 0.6 is 0 Å². The van der Waals surface area contributed by atoms with Crippen LogP contribution in [0.15, 0.2) is 48.7 Å². The fourth-order valence-electron chi connectivity index (χ4n) is 2.23. The largest absolute Gasteiger partial charge is 0.618 e.